The van der Waals surface area contributed by atoms with Gasteiger partial charge < -0.3 is 5.73 Å². The SMILES string of the molecule is Nc1sc(-c2ccccc2)nc1-c1cc(Cl)ccc1F. The number of hydrogen-bond donors (Lipinski definition) is 1. The van der Waals surface area contributed by atoms with Crippen molar-refractivity contribution in [3.05, 3.63) is 59.4 Å². The molecule has 2 N–H and O–H groups in total. The average molecular weight is 305 g/mol. The summed E-state index contributed by atoms with van der Waals surface area (Å²) >= 11 is 7.24. The molecule has 3 aromatic rings. The molecule has 0 bridgehead atoms. The molecule has 0 radical (unpaired) electrons. The van der Waals surface area contributed by atoms with E-state index >= 15 is 0 Å². The lowest BCUT2D eigenvalue weighted by molar-refractivity contribution is 0.631. The van der Waals surface area contributed by atoms with Gasteiger partial charge in [0.1, 0.15) is 21.5 Å². The minimum Gasteiger partial charge on any atom is -0.389 e. The van der Waals surface area contributed by atoms with E-state index in [1.807, 2.05) is 30.3 Å². The van der Waals surface area contributed by atoms with Crippen LogP contribution < -0.4 is 5.73 Å². The molecule has 100 valence electrons. The van der Waals surface area contributed by atoms with Crippen LogP contribution in [0.1, 0.15) is 0 Å². The summed E-state index contributed by atoms with van der Waals surface area (Å²) in [5.41, 5.74) is 7.70. The zero-order valence-electron chi connectivity index (χ0n) is 10.3. The average Bonchev–Trinajstić information content (AvgIpc) is 2.84. The maximum absolute atomic E-state index is 13.9. The molecule has 0 saturated heterocycles. The molecule has 0 saturated carbocycles. The summed E-state index contributed by atoms with van der Waals surface area (Å²) in [6.07, 6.45) is 0. The first-order valence-corrected chi connectivity index (χ1v) is 7.12. The lowest BCUT2D eigenvalue weighted by Gasteiger charge is -2.01. The van der Waals surface area contributed by atoms with Crippen molar-refractivity contribution in [2.24, 2.45) is 0 Å². The van der Waals surface area contributed by atoms with E-state index in [1.165, 1.54) is 29.5 Å². The van der Waals surface area contributed by atoms with Crippen LogP contribution in [0, 0.1) is 5.82 Å². The maximum Gasteiger partial charge on any atom is 0.132 e. The van der Waals surface area contributed by atoms with Gasteiger partial charge in [-0.2, -0.15) is 0 Å². The minimum absolute atomic E-state index is 0.327. The Morgan fingerprint density at radius 1 is 1.10 bits per heavy atom. The fourth-order valence-electron chi connectivity index (χ4n) is 1.91. The molecule has 0 fully saturated rings. The summed E-state index contributed by atoms with van der Waals surface area (Å²) in [5, 5.41) is 1.69. The second-order valence-electron chi connectivity index (χ2n) is 4.22. The number of aromatic nitrogens is 1. The number of nitrogen functional groups attached to an aromatic ring is 1. The van der Waals surface area contributed by atoms with Crippen LogP contribution in [-0.4, -0.2) is 4.98 Å². The molecular weight excluding hydrogens is 295 g/mol. The second-order valence-corrected chi connectivity index (χ2v) is 5.69. The van der Waals surface area contributed by atoms with E-state index in [9.17, 15) is 4.39 Å². The van der Waals surface area contributed by atoms with Crippen molar-refractivity contribution >= 4 is 27.9 Å². The van der Waals surface area contributed by atoms with Gasteiger partial charge in [-0.25, -0.2) is 9.37 Å². The fourth-order valence-corrected chi connectivity index (χ4v) is 2.93. The molecule has 0 amide bonds. The maximum atomic E-state index is 13.9. The standard InChI is InChI=1S/C15H10ClFN2S/c16-10-6-7-12(17)11(8-10)13-14(18)20-15(19-13)9-4-2-1-3-5-9/h1-8H,18H2. The Hall–Kier alpha value is -1.91. The molecule has 2 aromatic carbocycles. The van der Waals surface area contributed by atoms with Crippen LogP contribution in [0.15, 0.2) is 48.5 Å². The molecule has 5 heteroatoms. The largest absolute Gasteiger partial charge is 0.389 e. The molecule has 1 heterocycles. The Bertz CT molecular complexity index is 756. The van der Waals surface area contributed by atoms with Crippen LogP contribution in [0.4, 0.5) is 9.39 Å². The summed E-state index contributed by atoms with van der Waals surface area (Å²) in [7, 11) is 0. The molecule has 3 rings (SSSR count). The topological polar surface area (TPSA) is 38.9 Å². The molecule has 0 spiro atoms. The van der Waals surface area contributed by atoms with Crippen LogP contribution in [0.2, 0.25) is 5.02 Å². The van der Waals surface area contributed by atoms with Crippen molar-refractivity contribution in [3.8, 4) is 21.8 Å². The van der Waals surface area contributed by atoms with Gasteiger partial charge in [-0.05, 0) is 18.2 Å². The van der Waals surface area contributed by atoms with E-state index in [4.69, 9.17) is 17.3 Å². The molecule has 0 aliphatic rings. The number of halogens is 2. The van der Waals surface area contributed by atoms with E-state index in [0.29, 0.717) is 21.3 Å². The lowest BCUT2D eigenvalue weighted by atomic mass is 10.1. The predicted octanol–water partition coefficient (Wildman–Crippen LogP) is 4.85. The molecule has 0 aliphatic carbocycles. The summed E-state index contributed by atoms with van der Waals surface area (Å²) < 4.78 is 13.9. The van der Waals surface area contributed by atoms with E-state index in [-0.39, 0.29) is 5.82 Å². The van der Waals surface area contributed by atoms with E-state index in [2.05, 4.69) is 4.98 Å². The summed E-state index contributed by atoms with van der Waals surface area (Å²) in [5.74, 6) is -0.383. The molecule has 0 aliphatic heterocycles. The van der Waals surface area contributed by atoms with E-state index in [0.717, 1.165) is 10.6 Å². The summed E-state index contributed by atoms with van der Waals surface area (Å²) in [6.45, 7) is 0. The summed E-state index contributed by atoms with van der Waals surface area (Å²) in [6, 6.07) is 14.0. The van der Waals surface area contributed by atoms with Crippen molar-refractivity contribution < 1.29 is 4.39 Å². The third-order valence-corrected chi connectivity index (χ3v) is 4.03. The van der Waals surface area contributed by atoms with E-state index < -0.39 is 0 Å². The number of rotatable bonds is 2. The van der Waals surface area contributed by atoms with Crippen molar-refractivity contribution in [1.82, 2.24) is 4.98 Å². The Morgan fingerprint density at radius 3 is 2.60 bits per heavy atom. The zero-order chi connectivity index (χ0) is 14.1. The van der Waals surface area contributed by atoms with Gasteiger partial charge in [-0.1, -0.05) is 53.3 Å². The first kappa shape index (κ1) is 13.1. The van der Waals surface area contributed by atoms with Gasteiger partial charge in [0, 0.05) is 16.1 Å². The van der Waals surface area contributed by atoms with Gasteiger partial charge >= 0.3 is 0 Å². The van der Waals surface area contributed by atoms with Crippen LogP contribution in [0.5, 0.6) is 0 Å². The van der Waals surface area contributed by atoms with Gasteiger partial charge in [-0.3, -0.25) is 0 Å². The van der Waals surface area contributed by atoms with Gasteiger partial charge in [0.15, 0.2) is 0 Å². The lowest BCUT2D eigenvalue weighted by Crippen LogP contribution is -1.89. The number of nitrogens with zero attached hydrogens (tertiary/aromatic N) is 1. The first-order valence-electron chi connectivity index (χ1n) is 5.92. The van der Waals surface area contributed by atoms with E-state index in [1.54, 1.807) is 0 Å². The van der Waals surface area contributed by atoms with Crippen LogP contribution in [-0.2, 0) is 0 Å². The fraction of sp³-hybridized carbons (Fsp3) is 0. The van der Waals surface area contributed by atoms with Crippen molar-refractivity contribution in [1.29, 1.82) is 0 Å². The quantitative estimate of drug-likeness (QED) is 0.735. The normalized spacial score (nSPS) is 10.7. The Balaban J connectivity index is 2.12. The molecule has 0 unspecified atom stereocenters. The number of benzene rings is 2. The smallest absolute Gasteiger partial charge is 0.132 e. The number of anilines is 1. The molecule has 20 heavy (non-hydrogen) atoms. The number of nitrogens with two attached hydrogens (primary N) is 1. The number of thiazole rings is 1. The first-order chi connectivity index (χ1) is 9.65. The third-order valence-electron chi connectivity index (χ3n) is 2.86. The third kappa shape index (κ3) is 2.40. The Kier molecular flexibility index (Phi) is 3.42. The number of hydrogen-bond acceptors (Lipinski definition) is 3. The van der Waals surface area contributed by atoms with Gasteiger partial charge in [-0.15, -0.1) is 0 Å². The highest BCUT2D eigenvalue weighted by Crippen LogP contribution is 2.37. The van der Waals surface area contributed by atoms with Crippen molar-refractivity contribution in [3.63, 3.8) is 0 Å². The Labute approximate surface area is 124 Å². The molecular formula is C15H10ClFN2S. The highest BCUT2D eigenvalue weighted by Gasteiger charge is 2.15. The Morgan fingerprint density at radius 2 is 1.85 bits per heavy atom. The minimum atomic E-state index is -0.383. The van der Waals surface area contributed by atoms with Gasteiger partial charge in [0.25, 0.3) is 0 Å². The van der Waals surface area contributed by atoms with Crippen molar-refractivity contribution in [2.75, 3.05) is 5.73 Å². The molecule has 2 nitrogen and oxygen atoms in total. The van der Waals surface area contributed by atoms with Crippen LogP contribution in [0.3, 0.4) is 0 Å². The van der Waals surface area contributed by atoms with Gasteiger partial charge in [0.05, 0.1) is 0 Å². The van der Waals surface area contributed by atoms with Gasteiger partial charge in [0.2, 0.25) is 0 Å². The monoisotopic (exact) mass is 304 g/mol. The highest BCUT2D eigenvalue weighted by atomic mass is 35.5. The van der Waals surface area contributed by atoms with Crippen LogP contribution in [0.25, 0.3) is 21.8 Å². The van der Waals surface area contributed by atoms with Crippen molar-refractivity contribution in [2.45, 2.75) is 0 Å². The summed E-state index contributed by atoms with van der Waals surface area (Å²) in [4.78, 5) is 4.45. The predicted molar refractivity (Wildman–Crippen MR) is 82.4 cm³/mol. The zero-order valence-corrected chi connectivity index (χ0v) is 11.9. The van der Waals surface area contributed by atoms with Crippen LogP contribution >= 0.6 is 22.9 Å². The highest BCUT2D eigenvalue weighted by molar-refractivity contribution is 7.19. The molecule has 0 atom stereocenters. The molecule has 1 aromatic heterocycles. The second kappa shape index (κ2) is 5.23.